The van der Waals surface area contributed by atoms with Gasteiger partial charge in [-0.05, 0) is 83.4 Å². The summed E-state index contributed by atoms with van der Waals surface area (Å²) < 4.78 is 9.61. The van der Waals surface area contributed by atoms with Crippen LogP contribution in [0.3, 0.4) is 0 Å². The number of H-pyrrole nitrogens is 2. The number of amides is 4. The van der Waals surface area contributed by atoms with Gasteiger partial charge in [-0.15, -0.1) is 0 Å². The summed E-state index contributed by atoms with van der Waals surface area (Å²) in [5.74, 6) is 1.76. The van der Waals surface area contributed by atoms with Gasteiger partial charge in [-0.2, -0.15) is 0 Å². The molecule has 2 saturated carbocycles. The monoisotopic (exact) mass is 846 g/mol. The lowest BCUT2D eigenvalue weighted by Crippen LogP contribution is -2.52. The number of aromatic nitrogens is 4. The van der Waals surface area contributed by atoms with Gasteiger partial charge in [-0.3, -0.25) is 9.59 Å². The van der Waals surface area contributed by atoms with Crippen molar-refractivity contribution in [2.75, 3.05) is 14.2 Å². The molecule has 2 aliphatic heterocycles. The minimum Gasteiger partial charge on any atom is -0.453 e. The summed E-state index contributed by atoms with van der Waals surface area (Å²) in [6.45, 7) is 7.65. The summed E-state index contributed by atoms with van der Waals surface area (Å²) in [4.78, 5) is 72.1. The highest BCUT2D eigenvalue weighted by Crippen LogP contribution is 2.55. The predicted molar refractivity (Wildman–Crippen MR) is 230 cm³/mol. The maximum atomic E-state index is 13.9. The smallest absolute Gasteiger partial charge is 0.407 e. The fourth-order valence-corrected chi connectivity index (χ4v) is 9.79. The third-order valence-corrected chi connectivity index (χ3v) is 13.3. The molecule has 15 heteroatoms. The fourth-order valence-electron chi connectivity index (χ4n) is 9.54. The van der Waals surface area contributed by atoms with Gasteiger partial charge in [0.25, 0.3) is 0 Å². The van der Waals surface area contributed by atoms with E-state index in [-0.39, 0.29) is 47.8 Å². The number of fused-ring (bicyclic) bond motifs is 3. The summed E-state index contributed by atoms with van der Waals surface area (Å²) in [5.41, 5.74) is 5.45. The first-order valence-electron chi connectivity index (χ1n) is 21.1. The van der Waals surface area contributed by atoms with Crippen LogP contribution in [0.15, 0.2) is 66.9 Å². The Morgan fingerprint density at radius 3 is 1.70 bits per heavy atom. The molecular weight excluding hydrogens is 796 g/mol. The SMILES string of the molecule is COC(=O)N[C@H](C(=O)N1[C@@H]2C[C@@H]2C[C@H]1c1ncc(-c2ccc3cc(-c4ccc(-c5nc([C@@H]6C[C@H]7C[C@H]7N6C(=O)[C@@H](NC(=O)OC)C(C)C)[nH]c5Cl)cc4)ccc3c2)[nH]1)C(C)C. The van der Waals surface area contributed by atoms with Crippen LogP contribution in [0.5, 0.6) is 0 Å². The standard InChI is InChI=1S/C46H51ClN8O6/c1-22(2)37(51-45(58)60-5)43(56)54-33-17-30(33)19-35(54)41-48-21-32(49-41)29-14-13-27-15-26(11-12-28(27)16-29)24-7-9-25(10-8-24)39-40(47)53-42(50-39)36-20-31-18-34(31)55(36)44(57)38(23(3)4)52-46(59)61-6/h7-16,21-23,30-31,33-38H,17-20H2,1-6H3,(H,48,49)(H,50,53)(H,51,58)(H,52,59)/t30-,31-,33-,34-,35+,36+,37+,38+/m1/s1. The van der Waals surface area contributed by atoms with E-state index in [1.807, 2.05) is 55.8 Å². The molecule has 8 atom stereocenters. The van der Waals surface area contributed by atoms with Crippen molar-refractivity contribution in [3.8, 4) is 33.6 Å². The first kappa shape index (κ1) is 40.5. The van der Waals surface area contributed by atoms with Crippen molar-refractivity contribution in [3.63, 3.8) is 0 Å². The average molecular weight is 847 g/mol. The lowest BCUT2D eigenvalue weighted by atomic mass is 9.98. The van der Waals surface area contributed by atoms with Crippen molar-refractivity contribution in [2.45, 2.75) is 89.6 Å². The molecular formula is C46H51ClN8O6. The van der Waals surface area contributed by atoms with Crippen LogP contribution in [0.4, 0.5) is 9.59 Å². The molecule has 2 saturated heterocycles. The van der Waals surface area contributed by atoms with Gasteiger partial charge in [0, 0.05) is 23.2 Å². The molecule has 4 amide bonds. The molecule has 3 aromatic carbocycles. The number of aromatic amines is 2. The minimum absolute atomic E-state index is 0.103. The molecule has 2 aromatic heterocycles. The first-order valence-corrected chi connectivity index (χ1v) is 21.5. The number of hydrogen-bond acceptors (Lipinski definition) is 8. The van der Waals surface area contributed by atoms with Crippen molar-refractivity contribution < 1.29 is 28.7 Å². The van der Waals surface area contributed by atoms with Crippen molar-refractivity contribution >= 4 is 46.4 Å². The zero-order chi connectivity index (χ0) is 42.9. The Hall–Kier alpha value is -5.89. The Morgan fingerprint density at radius 2 is 1.16 bits per heavy atom. The maximum Gasteiger partial charge on any atom is 0.407 e. The molecule has 4 heterocycles. The average Bonchev–Trinajstić information content (AvgIpc) is 3.90. The maximum absolute atomic E-state index is 13.9. The summed E-state index contributed by atoms with van der Waals surface area (Å²) >= 11 is 6.78. The van der Waals surface area contributed by atoms with E-state index in [0.29, 0.717) is 28.5 Å². The van der Waals surface area contributed by atoms with E-state index in [1.54, 1.807) is 0 Å². The van der Waals surface area contributed by atoms with Crippen molar-refractivity contribution in [1.29, 1.82) is 0 Å². The van der Waals surface area contributed by atoms with E-state index >= 15 is 0 Å². The van der Waals surface area contributed by atoms with Crippen LogP contribution in [0.1, 0.15) is 77.1 Å². The highest BCUT2D eigenvalue weighted by atomic mass is 35.5. The van der Waals surface area contributed by atoms with Crippen molar-refractivity contribution in [1.82, 2.24) is 40.4 Å². The number of likely N-dealkylation sites (tertiary alicyclic amines) is 2. The highest BCUT2D eigenvalue weighted by molar-refractivity contribution is 6.32. The van der Waals surface area contributed by atoms with E-state index in [9.17, 15) is 19.2 Å². The van der Waals surface area contributed by atoms with Crippen LogP contribution < -0.4 is 10.6 Å². The van der Waals surface area contributed by atoms with Crippen LogP contribution in [0.2, 0.25) is 5.15 Å². The summed E-state index contributed by atoms with van der Waals surface area (Å²) in [7, 11) is 2.59. The second-order valence-electron chi connectivity index (χ2n) is 17.7. The van der Waals surface area contributed by atoms with Gasteiger partial charge in [0.15, 0.2) is 0 Å². The number of piperidine rings is 2. The molecule has 0 spiro atoms. The van der Waals surface area contributed by atoms with E-state index < -0.39 is 24.3 Å². The minimum atomic E-state index is -0.713. The molecule has 4 aliphatic rings. The Labute approximate surface area is 359 Å². The van der Waals surface area contributed by atoms with Gasteiger partial charge in [0.05, 0.1) is 38.2 Å². The van der Waals surface area contributed by atoms with Gasteiger partial charge in [0.1, 0.15) is 34.6 Å². The zero-order valence-corrected chi connectivity index (χ0v) is 35.8. The number of imidazole rings is 2. The number of carbonyl (C=O) groups is 4. The Kier molecular flexibility index (Phi) is 10.5. The van der Waals surface area contributed by atoms with Crippen LogP contribution in [0, 0.1) is 23.7 Å². The second-order valence-corrected chi connectivity index (χ2v) is 18.0. The normalized spacial score (nSPS) is 23.4. The number of nitrogens with zero attached hydrogens (tertiary/aromatic N) is 4. The molecule has 0 bridgehead atoms. The largest absolute Gasteiger partial charge is 0.453 e. The lowest BCUT2D eigenvalue weighted by molar-refractivity contribution is -0.137. The summed E-state index contributed by atoms with van der Waals surface area (Å²) in [6, 6.07) is 19.3. The number of alkyl carbamates (subject to hydrolysis) is 2. The number of halogens is 1. The Morgan fingerprint density at radius 1 is 0.672 bits per heavy atom. The van der Waals surface area contributed by atoms with Crippen LogP contribution >= 0.6 is 11.6 Å². The number of benzene rings is 3. The van der Waals surface area contributed by atoms with E-state index in [1.165, 1.54) is 14.2 Å². The molecule has 318 valence electrons. The number of ether oxygens (including phenoxy) is 2. The van der Waals surface area contributed by atoms with Gasteiger partial charge >= 0.3 is 12.2 Å². The number of carbonyl (C=O) groups excluding carboxylic acids is 4. The van der Waals surface area contributed by atoms with Gasteiger partial charge in [0.2, 0.25) is 11.8 Å². The number of rotatable bonds is 11. The zero-order valence-electron chi connectivity index (χ0n) is 35.1. The molecule has 4 fully saturated rings. The first-order chi connectivity index (χ1) is 29.3. The van der Waals surface area contributed by atoms with Crippen molar-refractivity contribution in [3.05, 3.63) is 83.7 Å². The highest BCUT2D eigenvalue weighted by Gasteiger charge is 2.57. The molecule has 2 aliphatic carbocycles. The van der Waals surface area contributed by atoms with Gasteiger partial charge < -0.3 is 39.9 Å². The third-order valence-electron chi connectivity index (χ3n) is 13.0. The molecule has 0 unspecified atom stereocenters. The fraction of sp³-hybridized carbons (Fsp3) is 0.435. The summed E-state index contributed by atoms with van der Waals surface area (Å²) in [6.07, 6.45) is 4.12. The van der Waals surface area contributed by atoms with Crippen LogP contribution in [0.25, 0.3) is 44.4 Å². The molecule has 14 nitrogen and oxygen atoms in total. The number of nitrogens with one attached hydrogen (secondary N) is 4. The molecule has 61 heavy (non-hydrogen) atoms. The van der Waals surface area contributed by atoms with Gasteiger partial charge in [-0.1, -0.05) is 87.8 Å². The second kappa shape index (κ2) is 15.9. The number of hydrogen-bond donors (Lipinski definition) is 4. The predicted octanol–water partition coefficient (Wildman–Crippen LogP) is 8.03. The van der Waals surface area contributed by atoms with E-state index in [0.717, 1.165) is 70.2 Å². The van der Waals surface area contributed by atoms with Gasteiger partial charge in [-0.25, -0.2) is 19.6 Å². The van der Waals surface area contributed by atoms with Crippen molar-refractivity contribution in [2.24, 2.45) is 23.7 Å². The van der Waals surface area contributed by atoms with Crippen LogP contribution in [-0.4, -0.2) is 92.1 Å². The van der Waals surface area contributed by atoms with E-state index in [4.69, 9.17) is 31.0 Å². The lowest BCUT2D eigenvalue weighted by Gasteiger charge is -2.31. The molecule has 9 rings (SSSR count). The van der Waals surface area contributed by atoms with Crippen LogP contribution in [-0.2, 0) is 19.1 Å². The van der Waals surface area contributed by atoms with E-state index in [2.05, 4.69) is 69.1 Å². The third kappa shape index (κ3) is 7.59. The Bertz CT molecular complexity index is 2520. The molecule has 4 N–H and O–H groups in total. The topological polar surface area (TPSA) is 175 Å². The molecule has 5 aromatic rings. The Balaban J connectivity index is 0.893. The molecule has 0 radical (unpaired) electrons. The number of methoxy groups -OCH3 is 2. The summed E-state index contributed by atoms with van der Waals surface area (Å²) in [5, 5.41) is 8.04. The quantitative estimate of drug-likeness (QED) is 0.103.